The topological polar surface area (TPSA) is 79.8 Å². The number of nitrogens with zero attached hydrogens (tertiary/aromatic N) is 3. The molecule has 31 heavy (non-hydrogen) atoms. The summed E-state index contributed by atoms with van der Waals surface area (Å²) in [6.45, 7) is 7.73. The van der Waals surface area contributed by atoms with E-state index < -0.39 is 6.04 Å². The highest BCUT2D eigenvalue weighted by molar-refractivity contribution is 7.17. The lowest BCUT2D eigenvalue weighted by Gasteiger charge is -2.24. The van der Waals surface area contributed by atoms with Crippen molar-refractivity contribution in [2.24, 2.45) is 0 Å². The molecule has 0 aliphatic heterocycles. The minimum atomic E-state index is -0.475. The van der Waals surface area contributed by atoms with E-state index in [0.717, 1.165) is 21.3 Å². The maximum Gasteiger partial charge on any atom is 0.242 e. The molecular formula is C24H25N5OS. The second kappa shape index (κ2) is 8.43. The fourth-order valence-corrected chi connectivity index (χ4v) is 4.18. The molecule has 0 bridgehead atoms. The molecule has 158 valence electrons. The number of thiophene rings is 1. The fraction of sp³-hybridized carbons (Fsp3) is 0.250. The first-order valence-electron chi connectivity index (χ1n) is 10.2. The van der Waals surface area contributed by atoms with Crippen LogP contribution in [-0.2, 0) is 4.79 Å². The van der Waals surface area contributed by atoms with Crippen molar-refractivity contribution < 1.29 is 4.79 Å². The standard InChI is InChI=1S/C24H25N5OS/c1-15(22(30)29-24(2,3)4)26-21-19-17(16-10-6-5-7-11-16)14-31-23(19)28-20(27-21)18-12-8-9-13-25-18/h5-15H,1-4H3,(H,29,30)(H,26,27,28). The van der Waals surface area contributed by atoms with Gasteiger partial charge in [0.15, 0.2) is 5.82 Å². The zero-order valence-electron chi connectivity index (χ0n) is 18.0. The number of carbonyl (C=O) groups excluding carboxylic acids is 1. The highest BCUT2D eigenvalue weighted by Crippen LogP contribution is 2.38. The van der Waals surface area contributed by atoms with Crippen LogP contribution >= 0.6 is 11.3 Å². The van der Waals surface area contributed by atoms with Crippen LogP contribution in [0.2, 0.25) is 0 Å². The van der Waals surface area contributed by atoms with Crippen LogP contribution in [0.25, 0.3) is 32.9 Å². The molecule has 3 heterocycles. The third kappa shape index (κ3) is 4.72. The molecule has 1 atom stereocenters. The molecule has 0 fully saturated rings. The third-order valence-electron chi connectivity index (χ3n) is 4.66. The van der Waals surface area contributed by atoms with Gasteiger partial charge in [0.2, 0.25) is 5.91 Å². The molecule has 0 radical (unpaired) electrons. The molecular weight excluding hydrogens is 406 g/mol. The molecule has 1 amide bonds. The van der Waals surface area contributed by atoms with Crippen LogP contribution in [0.3, 0.4) is 0 Å². The molecule has 0 saturated heterocycles. The summed E-state index contributed by atoms with van der Waals surface area (Å²) in [6, 6.07) is 15.3. The second-order valence-electron chi connectivity index (χ2n) is 8.41. The Morgan fingerprint density at radius 3 is 2.45 bits per heavy atom. The van der Waals surface area contributed by atoms with Crippen molar-refractivity contribution in [3.05, 3.63) is 60.1 Å². The van der Waals surface area contributed by atoms with Crippen molar-refractivity contribution in [2.75, 3.05) is 5.32 Å². The number of hydrogen-bond acceptors (Lipinski definition) is 6. The first-order valence-corrected chi connectivity index (χ1v) is 11.0. The minimum absolute atomic E-state index is 0.0878. The number of amides is 1. The van der Waals surface area contributed by atoms with Gasteiger partial charge < -0.3 is 10.6 Å². The number of anilines is 1. The Morgan fingerprint density at radius 2 is 1.77 bits per heavy atom. The summed E-state index contributed by atoms with van der Waals surface area (Å²) in [5, 5.41) is 9.34. The largest absolute Gasteiger partial charge is 0.358 e. The quantitative estimate of drug-likeness (QED) is 0.458. The van der Waals surface area contributed by atoms with Gasteiger partial charge in [-0.05, 0) is 45.4 Å². The first kappa shape index (κ1) is 20.9. The van der Waals surface area contributed by atoms with Gasteiger partial charge in [0.1, 0.15) is 22.4 Å². The number of hydrogen-bond donors (Lipinski definition) is 2. The Bertz CT molecular complexity index is 1200. The van der Waals surface area contributed by atoms with E-state index in [2.05, 4.69) is 33.1 Å². The summed E-state index contributed by atoms with van der Waals surface area (Å²) >= 11 is 1.56. The number of fused-ring (bicyclic) bond motifs is 1. The molecule has 1 unspecified atom stereocenters. The Balaban J connectivity index is 1.81. The lowest BCUT2D eigenvalue weighted by Crippen LogP contribution is -2.47. The predicted molar refractivity (Wildman–Crippen MR) is 127 cm³/mol. The Morgan fingerprint density at radius 1 is 1.03 bits per heavy atom. The number of pyridine rings is 1. The molecule has 0 aliphatic carbocycles. The average molecular weight is 432 g/mol. The molecule has 6 nitrogen and oxygen atoms in total. The predicted octanol–water partition coefficient (Wildman–Crippen LogP) is 5.14. The summed E-state index contributed by atoms with van der Waals surface area (Å²) in [6.07, 6.45) is 1.72. The monoisotopic (exact) mass is 431 g/mol. The molecule has 1 aromatic carbocycles. The summed E-state index contributed by atoms with van der Waals surface area (Å²) in [7, 11) is 0. The average Bonchev–Trinajstić information content (AvgIpc) is 3.18. The van der Waals surface area contributed by atoms with E-state index >= 15 is 0 Å². The van der Waals surface area contributed by atoms with Gasteiger partial charge in [0, 0.05) is 22.7 Å². The Hall–Kier alpha value is -3.32. The molecule has 0 spiro atoms. The first-order chi connectivity index (χ1) is 14.8. The van der Waals surface area contributed by atoms with E-state index in [9.17, 15) is 4.79 Å². The number of nitrogens with one attached hydrogen (secondary N) is 2. The number of aromatic nitrogens is 3. The van der Waals surface area contributed by atoms with E-state index in [4.69, 9.17) is 9.97 Å². The highest BCUT2D eigenvalue weighted by atomic mass is 32.1. The lowest BCUT2D eigenvalue weighted by atomic mass is 10.1. The van der Waals surface area contributed by atoms with Crippen LogP contribution in [0.15, 0.2) is 60.1 Å². The van der Waals surface area contributed by atoms with Crippen LogP contribution in [0.5, 0.6) is 0 Å². The summed E-state index contributed by atoms with van der Waals surface area (Å²) in [5.41, 5.74) is 2.50. The van der Waals surface area contributed by atoms with Gasteiger partial charge in [-0.3, -0.25) is 9.78 Å². The van der Waals surface area contributed by atoms with Crippen LogP contribution in [0.1, 0.15) is 27.7 Å². The molecule has 4 aromatic rings. The van der Waals surface area contributed by atoms with Crippen molar-refractivity contribution >= 4 is 33.3 Å². The van der Waals surface area contributed by atoms with Gasteiger partial charge in [0.25, 0.3) is 0 Å². The van der Waals surface area contributed by atoms with Crippen LogP contribution in [0, 0.1) is 0 Å². The normalized spacial score (nSPS) is 12.5. The lowest BCUT2D eigenvalue weighted by molar-refractivity contribution is -0.122. The van der Waals surface area contributed by atoms with E-state index in [1.165, 1.54) is 0 Å². The minimum Gasteiger partial charge on any atom is -0.358 e. The van der Waals surface area contributed by atoms with Crippen molar-refractivity contribution in [3.63, 3.8) is 0 Å². The van der Waals surface area contributed by atoms with E-state index in [1.807, 2.05) is 64.1 Å². The number of rotatable bonds is 5. The number of carbonyl (C=O) groups is 1. The van der Waals surface area contributed by atoms with Gasteiger partial charge in [-0.15, -0.1) is 11.3 Å². The van der Waals surface area contributed by atoms with Gasteiger partial charge in [-0.2, -0.15) is 0 Å². The molecule has 0 saturated carbocycles. The van der Waals surface area contributed by atoms with Crippen molar-refractivity contribution in [3.8, 4) is 22.6 Å². The van der Waals surface area contributed by atoms with Crippen molar-refractivity contribution in [1.29, 1.82) is 0 Å². The van der Waals surface area contributed by atoms with Gasteiger partial charge in [-0.1, -0.05) is 36.4 Å². The number of benzene rings is 1. The summed E-state index contributed by atoms with van der Waals surface area (Å²) in [5.74, 6) is 1.07. The zero-order chi connectivity index (χ0) is 22.0. The Kier molecular flexibility index (Phi) is 5.69. The molecule has 0 aliphatic rings. The zero-order valence-corrected chi connectivity index (χ0v) is 18.8. The Labute approximate surface area is 185 Å². The maximum atomic E-state index is 12.7. The smallest absolute Gasteiger partial charge is 0.242 e. The SMILES string of the molecule is CC(Nc1nc(-c2ccccn2)nc2scc(-c3ccccc3)c12)C(=O)NC(C)(C)C. The summed E-state index contributed by atoms with van der Waals surface area (Å²) in [4.78, 5) is 27.5. The van der Waals surface area contributed by atoms with Crippen LogP contribution < -0.4 is 10.6 Å². The molecule has 4 rings (SSSR count). The maximum absolute atomic E-state index is 12.7. The fourth-order valence-electron chi connectivity index (χ4n) is 3.23. The van der Waals surface area contributed by atoms with Gasteiger partial charge in [0.05, 0.1) is 5.39 Å². The van der Waals surface area contributed by atoms with Crippen molar-refractivity contribution in [1.82, 2.24) is 20.3 Å². The van der Waals surface area contributed by atoms with Crippen LogP contribution in [0.4, 0.5) is 5.82 Å². The van der Waals surface area contributed by atoms with Crippen LogP contribution in [-0.4, -0.2) is 32.4 Å². The molecule has 2 N–H and O–H groups in total. The van der Waals surface area contributed by atoms with E-state index in [-0.39, 0.29) is 11.4 Å². The van der Waals surface area contributed by atoms with E-state index in [0.29, 0.717) is 17.3 Å². The van der Waals surface area contributed by atoms with Crippen molar-refractivity contribution in [2.45, 2.75) is 39.3 Å². The van der Waals surface area contributed by atoms with Gasteiger partial charge >= 0.3 is 0 Å². The second-order valence-corrected chi connectivity index (χ2v) is 9.27. The highest BCUT2D eigenvalue weighted by Gasteiger charge is 2.22. The van der Waals surface area contributed by atoms with Gasteiger partial charge in [-0.25, -0.2) is 9.97 Å². The third-order valence-corrected chi connectivity index (χ3v) is 5.53. The van der Waals surface area contributed by atoms with E-state index in [1.54, 1.807) is 17.5 Å². The molecule has 7 heteroatoms. The summed E-state index contributed by atoms with van der Waals surface area (Å²) < 4.78 is 0. The molecule has 3 aromatic heterocycles.